The third-order valence-electron chi connectivity index (χ3n) is 8.96. The zero-order valence-electron chi connectivity index (χ0n) is 23.8. The molecule has 0 spiro atoms. The summed E-state index contributed by atoms with van der Waals surface area (Å²) in [6.07, 6.45) is 0.280. The van der Waals surface area contributed by atoms with E-state index in [0.717, 1.165) is 52.0 Å². The van der Waals surface area contributed by atoms with Crippen LogP contribution in [-0.4, -0.2) is 47.4 Å². The Labute approximate surface area is 249 Å². The highest BCUT2D eigenvalue weighted by Crippen LogP contribution is 2.50. The molecule has 3 aliphatic heterocycles. The number of hydrogen-bond acceptors (Lipinski definition) is 8. The summed E-state index contributed by atoms with van der Waals surface area (Å²) in [6, 6.07) is 19.5. The Bertz CT molecular complexity index is 1680. The lowest BCUT2D eigenvalue weighted by Gasteiger charge is -2.41. The van der Waals surface area contributed by atoms with Gasteiger partial charge in [0.1, 0.15) is 34.5 Å². The highest BCUT2D eigenvalue weighted by atomic mass is 16.5. The molecule has 0 aliphatic carbocycles. The second-order valence-electron chi connectivity index (χ2n) is 11.5. The van der Waals surface area contributed by atoms with Crippen LogP contribution in [0.2, 0.25) is 0 Å². The maximum Gasteiger partial charge on any atom is 0.128 e. The van der Waals surface area contributed by atoms with Crippen LogP contribution < -0.4 is 18.9 Å². The number of phenols is 2. The minimum atomic E-state index is -0.937. The fraction of sp³-hybridized carbons (Fsp3) is 0.314. The van der Waals surface area contributed by atoms with E-state index < -0.39 is 24.0 Å². The molecule has 0 saturated heterocycles. The number of aliphatic hydroxyl groups excluding tert-OH is 2. The predicted molar refractivity (Wildman–Crippen MR) is 159 cm³/mol. The van der Waals surface area contributed by atoms with Crippen molar-refractivity contribution in [2.24, 2.45) is 11.8 Å². The van der Waals surface area contributed by atoms with Crippen molar-refractivity contribution in [2.45, 2.75) is 31.5 Å². The number of phenolic OH excluding ortho intramolecular Hbond substituents is 2. The Morgan fingerprint density at radius 1 is 0.791 bits per heavy atom. The van der Waals surface area contributed by atoms with Crippen molar-refractivity contribution >= 4 is 0 Å². The average Bonchev–Trinajstić information content (AvgIpc) is 3.02. The molecule has 0 bridgehead atoms. The Morgan fingerprint density at radius 2 is 1.58 bits per heavy atom. The topological polar surface area (TPSA) is 118 Å². The summed E-state index contributed by atoms with van der Waals surface area (Å²) in [5.74, 6) is 2.01. The van der Waals surface area contributed by atoms with Crippen molar-refractivity contribution in [3.63, 3.8) is 0 Å². The predicted octanol–water partition coefficient (Wildman–Crippen LogP) is 5.47. The molecule has 0 aromatic heterocycles. The lowest BCUT2D eigenvalue weighted by Crippen LogP contribution is -2.40. The van der Waals surface area contributed by atoms with Crippen molar-refractivity contribution in [1.29, 1.82) is 0 Å². The number of rotatable bonds is 5. The Balaban J connectivity index is 1.23. The van der Waals surface area contributed by atoms with Crippen LogP contribution in [0.25, 0.3) is 11.1 Å². The van der Waals surface area contributed by atoms with Crippen LogP contribution in [0.15, 0.2) is 66.7 Å². The smallest absolute Gasteiger partial charge is 0.128 e. The van der Waals surface area contributed by atoms with Gasteiger partial charge in [0.2, 0.25) is 0 Å². The molecule has 222 valence electrons. The number of hydrogen-bond donors (Lipinski definition) is 4. The summed E-state index contributed by atoms with van der Waals surface area (Å²) in [6.45, 7) is 1.10. The summed E-state index contributed by atoms with van der Waals surface area (Å²) in [7, 11) is 1.58. The van der Waals surface area contributed by atoms with Crippen LogP contribution in [-0.2, 0) is 12.8 Å². The Hall–Kier alpha value is -4.40. The van der Waals surface area contributed by atoms with Crippen molar-refractivity contribution in [1.82, 2.24) is 0 Å². The molecule has 43 heavy (non-hydrogen) atoms. The maximum atomic E-state index is 11.8. The summed E-state index contributed by atoms with van der Waals surface area (Å²) in [5.41, 5.74) is 5.59. The molecule has 3 aliphatic rings. The molecule has 0 saturated carbocycles. The molecular weight excluding hydrogens is 548 g/mol. The van der Waals surface area contributed by atoms with Crippen LogP contribution in [0.3, 0.4) is 0 Å². The summed E-state index contributed by atoms with van der Waals surface area (Å²) >= 11 is 0. The van der Waals surface area contributed by atoms with E-state index in [2.05, 4.69) is 0 Å². The summed E-state index contributed by atoms with van der Waals surface area (Å²) < 4.78 is 24.0. The van der Waals surface area contributed by atoms with Gasteiger partial charge in [0.15, 0.2) is 0 Å². The van der Waals surface area contributed by atoms with E-state index in [1.165, 1.54) is 0 Å². The first-order valence-electron chi connectivity index (χ1n) is 14.6. The molecule has 0 amide bonds. The third-order valence-corrected chi connectivity index (χ3v) is 8.96. The highest BCUT2D eigenvalue weighted by Gasteiger charge is 2.44. The van der Waals surface area contributed by atoms with E-state index in [4.69, 9.17) is 18.9 Å². The van der Waals surface area contributed by atoms with Gasteiger partial charge < -0.3 is 39.4 Å². The van der Waals surface area contributed by atoms with Crippen molar-refractivity contribution < 1.29 is 39.4 Å². The Morgan fingerprint density at radius 3 is 2.42 bits per heavy atom. The van der Waals surface area contributed by atoms with Gasteiger partial charge in [0.25, 0.3) is 0 Å². The standard InChI is InChI=1S/C35H34O8/c1-40-24-15-21(12-20-14-23(37)7-8-25(20)19-4-2-5-22(36)13-19)35-27(16-24)33(38)28(18-43-35)29-17-42-31-10-9-30-26(6-3-11-41-30)32(31)34(29)39/h2,4-5,7-10,13-16,28-29,33-34,36-39H,3,6,11-12,17-18H2,1H3. The van der Waals surface area contributed by atoms with Crippen molar-refractivity contribution in [2.75, 3.05) is 26.9 Å². The molecule has 4 N–H and O–H groups in total. The molecule has 4 atom stereocenters. The maximum absolute atomic E-state index is 11.8. The molecule has 0 radical (unpaired) electrons. The summed E-state index contributed by atoms with van der Waals surface area (Å²) in [4.78, 5) is 0. The third kappa shape index (κ3) is 4.90. The molecule has 8 nitrogen and oxygen atoms in total. The highest BCUT2D eigenvalue weighted by molar-refractivity contribution is 5.70. The number of methoxy groups -OCH3 is 1. The molecular formula is C35H34O8. The Kier molecular flexibility index (Phi) is 7.03. The van der Waals surface area contributed by atoms with E-state index >= 15 is 0 Å². The van der Waals surface area contributed by atoms with Gasteiger partial charge in [-0.25, -0.2) is 0 Å². The van der Waals surface area contributed by atoms with Gasteiger partial charge in [-0.2, -0.15) is 0 Å². The zero-order chi connectivity index (χ0) is 29.7. The minimum Gasteiger partial charge on any atom is -0.508 e. The number of fused-ring (bicyclic) bond motifs is 4. The number of benzene rings is 4. The second-order valence-corrected chi connectivity index (χ2v) is 11.5. The number of ether oxygens (including phenoxy) is 4. The fourth-order valence-electron chi connectivity index (χ4n) is 6.82. The van der Waals surface area contributed by atoms with E-state index in [0.29, 0.717) is 35.8 Å². The first-order chi connectivity index (χ1) is 20.9. The van der Waals surface area contributed by atoms with Crippen molar-refractivity contribution in [3.8, 4) is 45.6 Å². The van der Waals surface area contributed by atoms with Gasteiger partial charge in [-0.15, -0.1) is 0 Å². The minimum absolute atomic E-state index is 0.121. The normalized spacial score (nSPS) is 22.2. The van der Waals surface area contributed by atoms with Crippen molar-refractivity contribution in [3.05, 3.63) is 94.5 Å². The second kappa shape index (κ2) is 11.0. The monoisotopic (exact) mass is 582 g/mol. The lowest BCUT2D eigenvalue weighted by atomic mass is 9.75. The van der Waals surface area contributed by atoms with E-state index in [1.807, 2.05) is 30.3 Å². The quantitative estimate of drug-likeness (QED) is 0.245. The molecule has 0 fully saturated rings. The van der Waals surface area contributed by atoms with Gasteiger partial charge in [-0.3, -0.25) is 0 Å². The van der Waals surface area contributed by atoms with Crippen LogP contribution in [0.1, 0.15) is 46.4 Å². The molecule has 4 aromatic carbocycles. The average molecular weight is 583 g/mol. The number of aromatic hydroxyl groups is 2. The van der Waals surface area contributed by atoms with Gasteiger partial charge in [0, 0.05) is 40.5 Å². The van der Waals surface area contributed by atoms with Crippen LogP contribution in [0.4, 0.5) is 0 Å². The largest absolute Gasteiger partial charge is 0.508 e. The fourth-order valence-corrected chi connectivity index (χ4v) is 6.82. The van der Waals surface area contributed by atoms with Crippen LogP contribution in [0, 0.1) is 11.8 Å². The SMILES string of the molecule is COc1cc(Cc2cc(O)ccc2-c2cccc(O)c2)c2c(c1)C(O)C(C1COc3ccc4c(c3C1O)CCCO4)CO2. The molecule has 4 unspecified atom stereocenters. The molecule has 8 heteroatoms. The van der Waals surface area contributed by atoms with E-state index in [9.17, 15) is 20.4 Å². The molecule has 4 aromatic rings. The van der Waals surface area contributed by atoms with E-state index in [1.54, 1.807) is 43.5 Å². The zero-order valence-corrected chi connectivity index (χ0v) is 23.8. The van der Waals surface area contributed by atoms with Gasteiger partial charge >= 0.3 is 0 Å². The lowest BCUT2D eigenvalue weighted by molar-refractivity contribution is -0.0559. The molecule has 3 heterocycles. The summed E-state index contributed by atoms with van der Waals surface area (Å²) in [5, 5.41) is 43.9. The molecule has 7 rings (SSSR count). The van der Waals surface area contributed by atoms with E-state index in [-0.39, 0.29) is 24.7 Å². The van der Waals surface area contributed by atoms with Gasteiger partial charge in [-0.1, -0.05) is 18.2 Å². The first kappa shape index (κ1) is 27.4. The first-order valence-corrected chi connectivity index (χ1v) is 14.6. The van der Waals surface area contributed by atoms with Gasteiger partial charge in [-0.05, 0) is 78.1 Å². The number of aliphatic hydroxyl groups is 2. The van der Waals surface area contributed by atoms with Crippen LogP contribution in [0.5, 0.6) is 34.5 Å². The van der Waals surface area contributed by atoms with Crippen LogP contribution >= 0.6 is 0 Å². The van der Waals surface area contributed by atoms with Gasteiger partial charge in [0.05, 0.1) is 39.1 Å².